The summed E-state index contributed by atoms with van der Waals surface area (Å²) in [7, 11) is 0. The number of carbonyl (C=O) groups is 2. The van der Waals surface area contributed by atoms with Crippen LogP contribution in [0.2, 0.25) is 0 Å². The van der Waals surface area contributed by atoms with E-state index in [4.69, 9.17) is 4.98 Å². The largest absolute Gasteiger partial charge is 0.481 e. The number of carbonyl (C=O) groups excluding carboxylic acids is 1. The van der Waals surface area contributed by atoms with Crippen LogP contribution >= 0.6 is 0 Å². The number of carboxylic acid groups (broad SMARTS) is 1. The Morgan fingerprint density at radius 1 is 1.22 bits per heavy atom. The van der Waals surface area contributed by atoms with Crippen molar-refractivity contribution in [3.8, 4) is 0 Å². The van der Waals surface area contributed by atoms with Crippen LogP contribution in [0.5, 0.6) is 0 Å². The summed E-state index contributed by atoms with van der Waals surface area (Å²) in [4.78, 5) is 31.0. The molecule has 6 nitrogen and oxygen atoms in total. The molecule has 1 N–H and O–H groups in total. The maximum atomic E-state index is 12.9. The molecular weight excluding hydrogens is 402 g/mol. The summed E-state index contributed by atoms with van der Waals surface area (Å²) < 4.78 is 2.38. The Morgan fingerprint density at radius 2 is 2.00 bits per heavy atom. The van der Waals surface area contributed by atoms with Crippen LogP contribution in [0, 0.1) is 11.3 Å². The van der Waals surface area contributed by atoms with Crippen molar-refractivity contribution in [2.45, 2.75) is 91.1 Å². The quantitative estimate of drug-likeness (QED) is 0.615. The zero-order valence-electron chi connectivity index (χ0n) is 19.6. The van der Waals surface area contributed by atoms with Crippen LogP contribution in [-0.4, -0.2) is 38.0 Å². The lowest BCUT2D eigenvalue weighted by atomic mass is 9.87. The van der Waals surface area contributed by atoms with Gasteiger partial charge in [0.1, 0.15) is 5.65 Å². The van der Waals surface area contributed by atoms with Crippen molar-refractivity contribution < 1.29 is 14.7 Å². The van der Waals surface area contributed by atoms with Gasteiger partial charge in [0.25, 0.3) is 0 Å². The van der Waals surface area contributed by atoms with Gasteiger partial charge in [-0.2, -0.15) is 0 Å². The number of aromatic nitrogens is 2. The molecule has 1 aliphatic heterocycles. The van der Waals surface area contributed by atoms with Gasteiger partial charge >= 0.3 is 5.97 Å². The van der Waals surface area contributed by atoms with E-state index in [0.29, 0.717) is 25.8 Å². The fourth-order valence-electron chi connectivity index (χ4n) is 5.45. The SMILES string of the molecule is CC(C)(CCCC(=O)N1CCc2c(n(CCC3CCCCC3)c3ncccc23)C1)C(=O)O. The molecule has 4 rings (SSSR count). The molecule has 1 fully saturated rings. The lowest BCUT2D eigenvalue weighted by Gasteiger charge is -2.29. The summed E-state index contributed by atoms with van der Waals surface area (Å²) in [5, 5.41) is 10.5. The first-order chi connectivity index (χ1) is 15.4. The summed E-state index contributed by atoms with van der Waals surface area (Å²) >= 11 is 0. The highest BCUT2D eigenvalue weighted by molar-refractivity contribution is 5.84. The van der Waals surface area contributed by atoms with Crippen LogP contribution in [-0.2, 0) is 29.1 Å². The number of aliphatic carboxylic acids is 1. The van der Waals surface area contributed by atoms with Gasteiger partial charge in [-0.1, -0.05) is 32.1 Å². The molecule has 1 saturated carbocycles. The number of carboxylic acids is 1. The molecule has 0 saturated heterocycles. The van der Waals surface area contributed by atoms with E-state index < -0.39 is 11.4 Å². The number of hydrogen-bond acceptors (Lipinski definition) is 3. The number of nitrogens with zero attached hydrogens (tertiary/aromatic N) is 3. The molecule has 0 unspecified atom stereocenters. The highest BCUT2D eigenvalue weighted by atomic mass is 16.4. The van der Waals surface area contributed by atoms with Crippen molar-refractivity contribution >= 4 is 22.9 Å². The first-order valence-electron chi connectivity index (χ1n) is 12.3. The van der Waals surface area contributed by atoms with Crippen LogP contribution in [0.15, 0.2) is 18.3 Å². The highest BCUT2D eigenvalue weighted by Crippen LogP contribution is 2.33. The molecule has 2 aromatic heterocycles. The lowest BCUT2D eigenvalue weighted by molar-refractivity contribution is -0.147. The summed E-state index contributed by atoms with van der Waals surface area (Å²) in [6.07, 6.45) is 12.2. The molecule has 0 aromatic carbocycles. The van der Waals surface area contributed by atoms with Crippen LogP contribution in [0.1, 0.15) is 82.9 Å². The first kappa shape index (κ1) is 22.8. The molecule has 174 valence electrons. The third kappa shape index (κ3) is 4.84. The van der Waals surface area contributed by atoms with Gasteiger partial charge in [0, 0.05) is 36.8 Å². The third-order valence-electron chi connectivity index (χ3n) is 7.62. The summed E-state index contributed by atoms with van der Waals surface area (Å²) in [6, 6.07) is 4.18. The van der Waals surface area contributed by atoms with Gasteiger partial charge in [0.05, 0.1) is 12.0 Å². The zero-order valence-corrected chi connectivity index (χ0v) is 19.6. The predicted octanol–water partition coefficient (Wildman–Crippen LogP) is 5.17. The first-order valence-corrected chi connectivity index (χ1v) is 12.3. The Hall–Kier alpha value is -2.37. The van der Waals surface area contributed by atoms with Gasteiger partial charge in [-0.15, -0.1) is 0 Å². The van der Waals surface area contributed by atoms with E-state index in [0.717, 1.165) is 31.1 Å². The number of hydrogen-bond donors (Lipinski definition) is 1. The number of rotatable bonds is 8. The maximum Gasteiger partial charge on any atom is 0.309 e. The number of amides is 1. The molecule has 0 bridgehead atoms. The fourth-order valence-corrected chi connectivity index (χ4v) is 5.45. The predicted molar refractivity (Wildman–Crippen MR) is 125 cm³/mol. The van der Waals surface area contributed by atoms with Gasteiger partial charge in [0.15, 0.2) is 0 Å². The monoisotopic (exact) mass is 439 g/mol. The molecule has 3 heterocycles. The number of pyridine rings is 1. The molecule has 6 heteroatoms. The van der Waals surface area contributed by atoms with Gasteiger partial charge in [0.2, 0.25) is 5.91 Å². The summed E-state index contributed by atoms with van der Waals surface area (Å²) in [5.41, 5.74) is 2.88. The standard InChI is InChI=1S/C26H37N3O3/c1-26(2,25(31)32)14-6-11-23(30)28-16-13-20-21-10-7-15-27-24(21)29(22(20)18-28)17-12-19-8-4-3-5-9-19/h7,10,15,19H,3-6,8-9,11-14,16-18H2,1-2H3,(H,31,32). The second kappa shape index (κ2) is 9.63. The summed E-state index contributed by atoms with van der Waals surface area (Å²) in [5.74, 6) is 0.135. The number of fused-ring (bicyclic) bond motifs is 3. The average Bonchev–Trinajstić information content (AvgIpc) is 3.11. The minimum Gasteiger partial charge on any atom is -0.481 e. The molecule has 0 spiro atoms. The Labute approximate surface area is 191 Å². The average molecular weight is 440 g/mol. The van der Waals surface area contributed by atoms with Gasteiger partial charge in [-0.3, -0.25) is 9.59 Å². The van der Waals surface area contributed by atoms with Crippen LogP contribution in [0.4, 0.5) is 0 Å². The second-order valence-corrected chi connectivity index (χ2v) is 10.4. The Bertz CT molecular complexity index is 972. The third-order valence-corrected chi connectivity index (χ3v) is 7.62. The van der Waals surface area contributed by atoms with Gasteiger partial charge in [-0.05, 0) is 63.1 Å². The second-order valence-electron chi connectivity index (χ2n) is 10.4. The molecular formula is C26H37N3O3. The molecule has 2 aromatic rings. The van der Waals surface area contributed by atoms with Crippen LogP contribution < -0.4 is 0 Å². The molecule has 1 amide bonds. The molecule has 0 atom stereocenters. The van der Waals surface area contributed by atoms with Crippen molar-refractivity contribution in [1.29, 1.82) is 0 Å². The Morgan fingerprint density at radius 3 is 2.75 bits per heavy atom. The lowest BCUT2D eigenvalue weighted by Crippen LogP contribution is -2.36. The smallest absolute Gasteiger partial charge is 0.309 e. The van der Waals surface area contributed by atoms with Crippen molar-refractivity contribution in [3.05, 3.63) is 29.6 Å². The fraction of sp³-hybridized carbons (Fsp3) is 0.654. The topological polar surface area (TPSA) is 75.4 Å². The highest BCUT2D eigenvalue weighted by Gasteiger charge is 2.29. The number of aryl methyl sites for hydroxylation is 1. The van der Waals surface area contributed by atoms with E-state index in [2.05, 4.69) is 10.6 Å². The van der Waals surface area contributed by atoms with Crippen LogP contribution in [0.3, 0.4) is 0 Å². The molecule has 32 heavy (non-hydrogen) atoms. The van der Waals surface area contributed by atoms with Crippen molar-refractivity contribution in [2.75, 3.05) is 6.54 Å². The van der Waals surface area contributed by atoms with Gasteiger partial charge < -0.3 is 14.6 Å². The van der Waals surface area contributed by atoms with E-state index in [9.17, 15) is 14.7 Å². The Balaban J connectivity index is 1.46. The Kier molecular flexibility index (Phi) is 6.87. The van der Waals surface area contributed by atoms with E-state index >= 15 is 0 Å². The molecule has 2 aliphatic rings. The minimum absolute atomic E-state index is 0.133. The van der Waals surface area contributed by atoms with E-state index in [1.54, 1.807) is 13.8 Å². The van der Waals surface area contributed by atoms with E-state index in [1.165, 1.54) is 55.2 Å². The summed E-state index contributed by atoms with van der Waals surface area (Å²) in [6.45, 7) is 5.79. The molecule has 1 aliphatic carbocycles. The zero-order chi connectivity index (χ0) is 22.7. The van der Waals surface area contributed by atoms with E-state index in [1.807, 2.05) is 17.2 Å². The molecule has 0 radical (unpaired) electrons. The van der Waals surface area contributed by atoms with Crippen molar-refractivity contribution in [2.24, 2.45) is 11.3 Å². The van der Waals surface area contributed by atoms with Crippen LogP contribution in [0.25, 0.3) is 11.0 Å². The normalized spacial score (nSPS) is 17.5. The minimum atomic E-state index is -0.803. The van der Waals surface area contributed by atoms with Crippen molar-refractivity contribution in [3.63, 3.8) is 0 Å². The van der Waals surface area contributed by atoms with Gasteiger partial charge in [-0.25, -0.2) is 4.98 Å². The maximum absolute atomic E-state index is 12.9. The van der Waals surface area contributed by atoms with E-state index in [-0.39, 0.29) is 5.91 Å². The van der Waals surface area contributed by atoms with Crippen molar-refractivity contribution in [1.82, 2.24) is 14.5 Å².